The van der Waals surface area contributed by atoms with Crippen LogP contribution in [0.2, 0.25) is 0 Å². The van der Waals surface area contributed by atoms with Crippen LogP contribution in [0.15, 0.2) is 43.3 Å². The minimum Gasteiger partial charge on any atom is -0.387 e. The van der Waals surface area contributed by atoms with Crippen molar-refractivity contribution in [1.82, 2.24) is 0 Å². The minimum absolute atomic E-state index is 0.104. The van der Waals surface area contributed by atoms with Gasteiger partial charge in [-0.25, -0.2) is 0 Å². The Balaban J connectivity index is 1.17. The monoisotopic (exact) mass is 1320 g/mol. The molecule has 21 fully saturated rings. The van der Waals surface area contributed by atoms with Crippen molar-refractivity contribution < 1.29 is 137 Å². The fourth-order valence-electron chi connectivity index (χ4n) is 11.6. The molecule has 0 aliphatic carbocycles. The molecule has 21 heterocycles. The van der Waals surface area contributed by atoms with Gasteiger partial charge in [0.2, 0.25) is 0 Å². The van der Waals surface area contributed by atoms with E-state index >= 15 is 0 Å². The Labute approximate surface area is 516 Å². The summed E-state index contributed by atoms with van der Waals surface area (Å²) in [6.07, 6.45) is -68.1. The van der Waals surface area contributed by atoms with Crippen molar-refractivity contribution in [2.45, 2.75) is 228 Å². The van der Waals surface area contributed by atoms with E-state index < -0.39 is 261 Å². The van der Waals surface area contributed by atoms with Crippen LogP contribution in [0.1, 0.15) is 13.3 Å². The van der Waals surface area contributed by atoms with Gasteiger partial charge in [0.05, 0.1) is 88.6 Å². The number of aliphatic hydroxyl groups excluding tert-OH is 13. The molecule has 0 aromatic heterocycles. The summed E-state index contributed by atoms with van der Waals surface area (Å²) in [7, 11) is 0. The first-order valence-corrected chi connectivity index (χ1v) is 28.5. The predicted molar refractivity (Wildman–Crippen MR) is 287 cm³/mol. The summed E-state index contributed by atoms with van der Waals surface area (Å²) in [4.78, 5) is 16.3. The van der Waals surface area contributed by atoms with Crippen LogP contribution in [0, 0.1) is 0 Å². The van der Waals surface area contributed by atoms with E-state index in [1.165, 1.54) is 13.0 Å². The highest BCUT2D eigenvalue weighted by Gasteiger charge is 2.60. The van der Waals surface area contributed by atoms with Crippen molar-refractivity contribution >= 4 is 0 Å². The number of hydrogen-bond acceptors (Lipinski definition) is 34. The molecule has 0 aromatic carbocycles. The Morgan fingerprint density at radius 2 is 0.500 bits per heavy atom. The van der Waals surface area contributed by atoms with Crippen LogP contribution in [0.25, 0.3) is 62.7 Å². The predicted octanol–water partition coefficient (Wildman–Crippen LogP) is -4.69. The van der Waals surface area contributed by atoms with Crippen LogP contribution in [0.4, 0.5) is 0 Å². The summed E-state index contributed by atoms with van der Waals surface area (Å²) >= 11 is 0. The van der Waals surface area contributed by atoms with Gasteiger partial charge in [0.25, 0.3) is 0 Å². The number of ether oxygens (including phenoxy) is 15. The van der Waals surface area contributed by atoms with Crippen molar-refractivity contribution in [2.24, 2.45) is 30.7 Å². The lowest BCUT2D eigenvalue weighted by Crippen LogP contribution is -2.68. The lowest BCUT2D eigenvalue weighted by molar-refractivity contribution is -0.392. The number of rotatable bonds is 16. The van der Waals surface area contributed by atoms with Gasteiger partial charge in [-0.15, -0.1) is 6.58 Å². The summed E-state index contributed by atoms with van der Waals surface area (Å²) < 4.78 is 89.9. The van der Waals surface area contributed by atoms with E-state index in [0.717, 1.165) is 0 Å². The highest BCUT2D eigenvalue weighted by Crippen LogP contribution is 2.40. The van der Waals surface area contributed by atoms with E-state index in [1.54, 1.807) is 0 Å². The van der Waals surface area contributed by atoms with E-state index in [9.17, 15) is 99.6 Å². The Morgan fingerprint density at radius 3 is 0.717 bits per heavy atom. The maximum absolute atomic E-state index is 12.2. The lowest BCUT2D eigenvalue weighted by atomic mass is 9.94. The molecule has 35 unspecified atom stereocenters. The van der Waals surface area contributed by atoms with Gasteiger partial charge in [0.1, 0.15) is 128 Å². The molecule has 0 radical (unpaired) electrons. The van der Waals surface area contributed by atoms with Crippen LogP contribution >= 0.6 is 0 Å². The van der Waals surface area contributed by atoms with Gasteiger partial charge in [-0.1, -0.05) is 43.7 Å². The normalized spacial score (nSPS) is 47.4. The third-order valence-electron chi connectivity index (χ3n) is 16.3. The van der Waals surface area contributed by atoms with Crippen molar-refractivity contribution in [3.8, 4) is 0 Å². The molecular weight excluding hydrogens is 1250 g/mol. The molecule has 512 valence electrons. The summed E-state index contributed by atoms with van der Waals surface area (Å²) in [5, 5.41) is 174. The summed E-state index contributed by atoms with van der Waals surface area (Å²) in [5.41, 5.74) is 56.4. The SMILES string of the molecule is C=CCOC1C2OC(CN=[N+]=[N-])C(OC3OC(CN=[N+]=[N-])C(OC4OC(CN=[N+]=[N-])C(OC5OC(CC)C(OC6OC(CN=[N+]=[N-])C(OC7OC(CN=[N+]=[N-])C(OC8OC(CN=[N+]=[N-])C(O2)C(O)C8O)C(O)C7O)C(O)C6O)C(O)C5O)C(O)C4O)C(O)C3O)C1O. The minimum atomic E-state index is -2.26. The Hall–Kier alpha value is -5.52. The molecule has 35 atom stereocenters. The highest BCUT2D eigenvalue weighted by atomic mass is 16.8. The summed E-state index contributed by atoms with van der Waals surface area (Å²) in [5.74, 6) is 0. The standard InChI is InChI=1S/C46H70N18O28/c1-3-5-78-39-31(77)38-18(11-58-64-52)85-46(39)92-37-17(10-57-63-51)84-44(30(76)24(37)70)90-35-15(8-55-61-49)82-43(28(74)22(35)68)88-34-14(7-54-60-48)80-41(26(72)20(34)66)86-32-12(4-2)79-40(25(71)19(32)65)87-33-13(6-53-59-47)81-42(27(73)21(33)67)89-36-16(9-56-62-50)83-45(91-38)29(75)23(36)69/h3,12-46,65-77H,1,4-11H2,2H3. The molecule has 0 saturated carbocycles. The van der Waals surface area contributed by atoms with Gasteiger partial charge in [0, 0.05) is 29.5 Å². The molecule has 0 aromatic rings. The Bertz CT molecular complexity index is 2750. The molecule has 13 N–H and O–H groups in total. The average Bonchev–Trinajstić information content (AvgIpc) is 0.783. The fraction of sp³-hybridized carbons (Fsp3) is 0.957. The maximum atomic E-state index is 12.2. The Morgan fingerprint density at radius 1 is 0.304 bits per heavy atom. The van der Waals surface area contributed by atoms with E-state index in [1.807, 2.05) is 0 Å². The molecule has 21 aliphatic rings. The quantitative estimate of drug-likeness (QED) is 0.0299. The van der Waals surface area contributed by atoms with Crippen molar-refractivity contribution in [2.75, 3.05) is 45.9 Å². The average molecular weight is 1320 g/mol. The first-order valence-electron chi connectivity index (χ1n) is 28.5. The highest BCUT2D eigenvalue weighted by molar-refractivity contribution is 5.03. The molecule has 21 saturated heterocycles. The first kappa shape index (κ1) is 72.3. The molecule has 46 nitrogen and oxygen atoms in total. The first-order chi connectivity index (χ1) is 44.2. The number of aliphatic hydroxyl groups is 13. The van der Waals surface area contributed by atoms with Crippen molar-refractivity contribution in [3.63, 3.8) is 0 Å². The molecule has 14 bridgehead atoms. The zero-order valence-electron chi connectivity index (χ0n) is 48.1. The molecule has 0 spiro atoms. The zero-order chi connectivity index (χ0) is 66.7. The van der Waals surface area contributed by atoms with Crippen LogP contribution < -0.4 is 0 Å². The summed E-state index contributed by atoms with van der Waals surface area (Å²) in [6, 6.07) is 0. The van der Waals surface area contributed by atoms with Crippen molar-refractivity contribution in [3.05, 3.63) is 75.3 Å². The number of nitrogens with zero attached hydrogens (tertiary/aromatic N) is 18. The largest absolute Gasteiger partial charge is 0.387 e. The van der Waals surface area contributed by atoms with Crippen LogP contribution in [0.5, 0.6) is 0 Å². The van der Waals surface area contributed by atoms with Gasteiger partial charge in [-0.3, -0.25) is 0 Å². The second-order valence-electron chi connectivity index (χ2n) is 21.9. The third kappa shape index (κ3) is 15.9. The smallest absolute Gasteiger partial charge is 0.187 e. The Kier molecular flexibility index (Phi) is 26.1. The molecule has 92 heavy (non-hydrogen) atoms. The van der Waals surface area contributed by atoms with E-state index in [2.05, 4.69) is 66.7 Å². The number of azide groups is 6. The molecular formula is C46H70N18O28. The van der Waals surface area contributed by atoms with Crippen LogP contribution in [-0.4, -0.2) is 327 Å². The summed E-state index contributed by atoms with van der Waals surface area (Å²) in [6.45, 7) is 0.206. The van der Waals surface area contributed by atoms with Gasteiger partial charge >= 0.3 is 0 Å². The van der Waals surface area contributed by atoms with E-state index in [0.29, 0.717) is 0 Å². The molecule has 21 aliphatic heterocycles. The second kappa shape index (κ2) is 33.2. The molecule has 21 rings (SSSR count). The van der Waals surface area contributed by atoms with E-state index in [4.69, 9.17) is 71.1 Å². The maximum Gasteiger partial charge on any atom is 0.187 e. The lowest BCUT2D eigenvalue weighted by Gasteiger charge is -2.50. The second-order valence-corrected chi connectivity index (χ2v) is 21.9. The fourth-order valence-corrected chi connectivity index (χ4v) is 11.6. The van der Waals surface area contributed by atoms with Gasteiger partial charge in [0.15, 0.2) is 44.0 Å². The number of hydrogen-bond donors (Lipinski definition) is 13. The third-order valence-corrected chi connectivity index (χ3v) is 16.3. The molecule has 46 heteroatoms. The van der Waals surface area contributed by atoms with Gasteiger partial charge in [-0.05, 0) is 39.6 Å². The topological polar surface area (TPSA) is 694 Å². The van der Waals surface area contributed by atoms with E-state index in [-0.39, 0.29) is 6.42 Å². The zero-order valence-corrected chi connectivity index (χ0v) is 48.1. The van der Waals surface area contributed by atoms with Crippen LogP contribution in [-0.2, 0) is 71.1 Å². The van der Waals surface area contributed by atoms with Crippen LogP contribution in [0.3, 0.4) is 0 Å². The van der Waals surface area contributed by atoms with Gasteiger partial charge < -0.3 is 137 Å². The van der Waals surface area contributed by atoms with Crippen molar-refractivity contribution in [1.29, 1.82) is 0 Å². The van der Waals surface area contributed by atoms with Gasteiger partial charge in [-0.2, -0.15) is 0 Å². The molecule has 0 amide bonds.